The van der Waals surface area contributed by atoms with Crippen molar-refractivity contribution in [3.8, 4) is 0 Å². The number of piperidine rings is 1. The largest absolute Gasteiger partial charge is 0.391 e. The van der Waals surface area contributed by atoms with Gasteiger partial charge in [-0.2, -0.15) is 0 Å². The van der Waals surface area contributed by atoms with Gasteiger partial charge in [-0.25, -0.2) is 0 Å². The smallest absolute Gasteiger partial charge is 0.0752 e. The first kappa shape index (κ1) is 13.9. The Morgan fingerprint density at radius 1 is 1.37 bits per heavy atom. The molecule has 2 rings (SSSR count). The molecule has 0 bridgehead atoms. The van der Waals surface area contributed by atoms with Crippen molar-refractivity contribution in [2.24, 2.45) is 5.11 Å². The Balaban J connectivity index is 1.72. The minimum Gasteiger partial charge on any atom is -0.391 e. The van der Waals surface area contributed by atoms with E-state index in [2.05, 4.69) is 39.2 Å². The third-order valence-electron chi connectivity index (χ3n) is 3.61. The van der Waals surface area contributed by atoms with E-state index in [-0.39, 0.29) is 6.04 Å². The Kier molecular flexibility index (Phi) is 5.21. The number of aryl methyl sites for hydroxylation is 1. The Morgan fingerprint density at radius 2 is 2.16 bits per heavy atom. The summed E-state index contributed by atoms with van der Waals surface area (Å²) in [7, 11) is 0. The zero-order chi connectivity index (χ0) is 13.5. The molecule has 5 nitrogen and oxygen atoms in total. The highest BCUT2D eigenvalue weighted by Crippen LogP contribution is 2.15. The van der Waals surface area contributed by atoms with Crippen molar-refractivity contribution < 1.29 is 5.11 Å². The Morgan fingerprint density at radius 3 is 2.84 bits per heavy atom. The van der Waals surface area contributed by atoms with Gasteiger partial charge in [0, 0.05) is 11.5 Å². The number of benzene rings is 1. The van der Waals surface area contributed by atoms with Crippen molar-refractivity contribution in [3.63, 3.8) is 0 Å². The molecule has 0 saturated carbocycles. The number of β-amino-alcohol motifs (C(OH)–C–C–N with tert-alkyl or cyclic N) is 1. The average molecular weight is 260 g/mol. The predicted octanol–water partition coefficient (Wildman–Crippen LogP) is 2.36. The molecule has 1 fully saturated rings. The van der Waals surface area contributed by atoms with Gasteiger partial charge in [0.15, 0.2) is 0 Å². The Labute approximate surface area is 113 Å². The van der Waals surface area contributed by atoms with Gasteiger partial charge in [-0.3, -0.25) is 0 Å². The van der Waals surface area contributed by atoms with Gasteiger partial charge in [0.25, 0.3) is 0 Å². The molecule has 1 saturated heterocycles. The van der Waals surface area contributed by atoms with Crippen LogP contribution in [0.1, 0.15) is 18.4 Å². The molecule has 0 aliphatic carbocycles. The van der Waals surface area contributed by atoms with Crippen LogP contribution in [0.25, 0.3) is 10.4 Å². The minimum absolute atomic E-state index is 0.254. The highest BCUT2D eigenvalue weighted by molar-refractivity contribution is 5.14. The topological polar surface area (TPSA) is 72.2 Å². The lowest BCUT2D eigenvalue weighted by atomic mass is 10.0. The summed E-state index contributed by atoms with van der Waals surface area (Å²) in [5, 5.41) is 13.5. The SMILES string of the molecule is [N-]=[N+]=NC1CCN(CCCc2ccccc2)CC1O. The zero-order valence-corrected chi connectivity index (χ0v) is 11.0. The third kappa shape index (κ3) is 4.24. The molecule has 102 valence electrons. The number of rotatable bonds is 5. The fourth-order valence-electron chi connectivity index (χ4n) is 2.54. The van der Waals surface area contributed by atoms with Gasteiger partial charge in [0.1, 0.15) is 0 Å². The number of aliphatic hydroxyl groups excluding tert-OH is 1. The van der Waals surface area contributed by atoms with Crippen LogP contribution in [0, 0.1) is 0 Å². The highest BCUT2D eigenvalue weighted by atomic mass is 16.3. The summed E-state index contributed by atoms with van der Waals surface area (Å²) in [6, 6.07) is 10.2. The first-order chi connectivity index (χ1) is 9.29. The molecule has 1 aromatic rings. The molecular formula is C14H20N4O. The molecule has 0 radical (unpaired) electrons. The number of hydrogen-bond acceptors (Lipinski definition) is 3. The van der Waals surface area contributed by atoms with Gasteiger partial charge in [-0.1, -0.05) is 35.4 Å². The van der Waals surface area contributed by atoms with E-state index >= 15 is 0 Å². The number of hydrogen-bond donors (Lipinski definition) is 1. The summed E-state index contributed by atoms with van der Waals surface area (Å²) < 4.78 is 0. The second-order valence-electron chi connectivity index (χ2n) is 5.02. The van der Waals surface area contributed by atoms with Crippen LogP contribution in [0.15, 0.2) is 35.4 Å². The summed E-state index contributed by atoms with van der Waals surface area (Å²) in [6.45, 7) is 2.49. The highest BCUT2D eigenvalue weighted by Gasteiger charge is 2.26. The van der Waals surface area contributed by atoms with Gasteiger partial charge in [-0.15, -0.1) is 0 Å². The number of azide groups is 1. The first-order valence-electron chi connectivity index (χ1n) is 6.78. The second kappa shape index (κ2) is 7.14. The molecule has 1 aliphatic rings. The van der Waals surface area contributed by atoms with Crippen molar-refractivity contribution in [3.05, 3.63) is 46.3 Å². The summed E-state index contributed by atoms with van der Waals surface area (Å²) in [4.78, 5) is 5.03. The van der Waals surface area contributed by atoms with Gasteiger partial charge in [-0.05, 0) is 43.4 Å². The van der Waals surface area contributed by atoms with E-state index in [1.54, 1.807) is 0 Å². The summed E-state index contributed by atoms with van der Waals surface area (Å²) in [6.07, 6.45) is 2.37. The van der Waals surface area contributed by atoms with Gasteiger partial charge in [0.2, 0.25) is 0 Å². The van der Waals surface area contributed by atoms with Crippen LogP contribution in [0.5, 0.6) is 0 Å². The zero-order valence-electron chi connectivity index (χ0n) is 11.0. The van der Waals surface area contributed by atoms with Crippen molar-refractivity contribution in [2.75, 3.05) is 19.6 Å². The molecule has 1 aromatic carbocycles. The first-order valence-corrected chi connectivity index (χ1v) is 6.78. The molecule has 0 amide bonds. The van der Waals surface area contributed by atoms with Crippen LogP contribution < -0.4 is 0 Å². The number of aliphatic hydroxyl groups is 1. The quantitative estimate of drug-likeness (QED) is 0.501. The van der Waals surface area contributed by atoms with Crippen LogP contribution in [-0.2, 0) is 6.42 Å². The minimum atomic E-state index is -0.527. The van der Waals surface area contributed by atoms with Crippen molar-refractivity contribution in [1.82, 2.24) is 4.90 Å². The predicted molar refractivity (Wildman–Crippen MR) is 74.8 cm³/mol. The number of nitrogens with zero attached hydrogens (tertiary/aromatic N) is 4. The van der Waals surface area contributed by atoms with Gasteiger partial charge in [0.05, 0.1) is 12.1 Å². The summed E-state index contributed by atoms with van der Waals surface area (Å²) in [5.74, 6) is 0. The molecule has 1 heterocycles. The molecular weight excluding hydrogens is 240 g/mol. The fraction of sp³-hybridized carbons (Fsp3) is 0.571. The van der Waals surface area contributed by atoms with E-state index in [4.69, 9.17) is 5.53 Å². The van der Waals surface area contributed by atoms with Crippen molar-refractivity contribution in [1.29, 1.82) is 0 Å². The standard InChI is InChI=1S/C14H20N4O/c15-17-16-13-8-10-18(11-14(13)19)9-4-7-12-5-2-1-3-6-12/h1-3,5-6,13-14,19H,4,7-11H2. The lowest BCUT2D eigenvalue weighted by molar-refractivity contribution is 0.0533. The normalized spacial score (nSPS) is 23.8. The molecule has 1 aliphatic heterocycles. The maximum Gasteiger partial charge on any atom is 0.0752 e. The maximum atomic E-state index is 9.88. The van der Waals surface area contributed by atoms with Gasteiger partial charge >= 0.3 is 0 Å². The van der Waals surface area contributed by atoms with Gasteiger partial charge < -0.3 is 10.0 Å². The second-order valence-corrected chi connectivity index (χ2v) is 5.02. The molecule has 19 heavy (non-hydrogen) atoms. The summed E-state index contributed by atoms with van der Waals surface area (Å²) >= 11 is 0. The van der Waals surface area contributed by atoms with Crippen molar-refractivity contribution >= 4 is 0 Å². The molecule has 2 unspecified atom stereocenters. The van der Waals surface area contributed by atoms with Crippen molar-refractivity contribution in [2.45, 2.75) is 31.4 Å². The van der Waals surface area contributed by atoms with Crippen LogP contribution in [-0.4, -0.2) is 41.8 Å². The molecule has 1 N–H and O–H groups in total. The van der Waals surface area contributed by atoms with E-state index in [1.165, 1.54) is 5.56 Å². The lowest BCUT2D eigenvalue weighted by Gasteiger charge is -2.33. The van der Waals surface area contributed by atoms with Crippen LogP contribution >= 0.6 is 0 Å². The Bertz CT molecular complexity index is 430. The van der Waals surface area contributed by atoms with E-state index in [0.29, 0.717) is 6.54 Å². The maximum absolute atomic E-state index is 9.88. The van der Waals surface area contributed by atoms with E-state index < -0.39 is 6.10 Å². The Hall–Kier alpha value is -1.55. The van der Waals surface area contributed by atoms with Crippen LogP contribution in [0.4, 0.5) is 0 Å². The molecule has 5 heteroatoms. The summed E-state index contributed by atoms with van der Waals surface area (Å²) in [5.41, 5.74) is 9.76. The lowest BCUT2D eigenvalue weighted by Crippen LogP contribution is -2.46. The third-order valence-corrected chi connectivity index (χ3v) is 3.61. The van der Waals surface area contributed by atoms with Crippen LogP contribution in [0.2, 0.25) is 0 Å². The van der Waals surface area contributed by atoms with E-state index in [1.807, 2.05) is 6.07 Å². The number of likely N-dealkylation sites (tertiary alicyclic amines) is 1. The van der Waals surface area contributed by atoms with E-state index in [9.17, 15) is 5.11 Å². The molecule has 0 aromatic heterocycles. The van der Waals surface area contributed by atoms with Crippen LogP contribution in [0.3, 0.4) is 0 Å². The fourth-order valence-corrected chi connectivity index (χ4v) is 2.54. The monoisotopic (exact) mass is 260 g/mol. The molecule has 2 atom stereocenters. The average Bonchev–Trinajstić information content (AvgIpc) is 2.43. The molecule has 0 spiro atoms. The van der Waals surface area contributed by atoms with E-state index in [0.717, 1.165) is 32.4 Å².